The number of hydrogen-bond acceptors (Lipinski definition) is 3. The van der Waals surface area contributed by atoms with E-state index in [1.165, 1.54) is 17.7 Å². The monoisotopic (exact) mass is 297 g/mol. The largest absolute Gasteiger partial charge is 0.480 e. The number of carboxylic acids is 1. The molecule has 0 spiro atoms. The zero-order chi connectivity index (χ0) is 15.2. The van der Waals surface area contributed by atoms with Crippen molar-refractivity contribution in [2.24, 2.45) is 0 Å². The van der Waals surface area contributed by atoms with Crippen molar-refractivity contribution in [3.05, 3.63) is 0 Å². The van der Waals surface area contributed by atoms with E-state index in [1.807, 2.05) is 0 Å². The molecule has 1 saturated heterocycles. The van der Waals surface area contributed by atoms with Crippen LogP contribution in [0.15, 0.2) is 0 Å². The van der Waals surface area contributed by atoms with Gasteiger partial charge in [0.15, 0.2) is 0 Å². The molecule has 5 heteroatoms. The highest BCUT2D eigenvalue weighted by Crippen LogP contribution is 2.23. The van der Waals surface area contributed by atoms with Crippen LogP contribution < -0.4 is 0 Å². The van der Waals surface area contributed by atoms with Crippen LogP contribution in [0.1, 0.15) is 64.7 Å². The van der Waals surface area contributed by atoms with Gasteiger partial charge >= 0.3 is 5.97 Å². The molecule has 0 unspecified atom stereocenters. The summed E-state index contributed by atoms with van der Waals surface area (Å²) in [6.45, 7) is 2.30. The van der Waals surface area contributed by atoms with E-state index in [0.717, 1.165) is 38.5 Å². The second-order valence-electron chi connectivity index (χ2n) is 6.27. The summed E-state index contributed by atoms with van der Waals surface area (Å²) in [4.78, 5) is 25.3. The van der Waals surface area contributed by atoms with Gasteiger partial charge in [0, 0.05) is 6.54 Å². The first kappa shape index (κ1) is 16.3. The fourth-order valence-corrected chi connectivity index (χ4v) is 3.41. The Bertz CT molecular complexity index is 363. The summed E-state index contributed by atoms with van der Waals surface area (Å²) in [5.41, 5.74) is 0. The molecule has 0 aromatic carbocycles. The van der Waals surface area contributed by atoms with Gasteiger partial charge in [0.2, 0.25) is 0 Å². The zero-order valence-electron chi connectivity index (χ0n) is 12.9. The second kappa shape index (κ2) is 7.78. The third-order valence-corrected chi connectivity index (χ3v) is 4.62. The summed E-state index contributed by atoms with van der Waals surface area (Å²) in [5.74, 6) is -1.06. The number of hydrogen-bond donors (Lipinski definition) is 1. The molecule has 0 bridgehead atoms. The Morgan fingerprint density at radius 2 is 1.67 bits per heavy atom. The van der Waals surface area contributed by atoms with Gasteiger partial charge in [-0.05, 0) is 39.0 Å². The topological polar surface area (TPSA) is 66.8 Å². The van der Waals surface area contributed by atoms with E-state index in [1.54, 1.807) is 6.92 Å². The van der Waals surface area contributed by atoms with Gasteiger partial charge in [0.25, 0.3) is 5.91 Å². The first-order chi connectivity index (χ1) is 10.1. The molecule has 1 amide bonds. The van der Waals surface area contributed by atoms with Crippen LogP contribution in [0.4, 0.5) is 0 Å². The minimum absolute atomic E-state index is 0.152. The van der Waals surface area contributed by atoms with Gasteiger partial charge in [0.05, 0.1) is 6.10 Å². The van der Waals surface area contributed by atoms with Gasteiger partial charge in [-0.25, -0.2) is 4.79 Å². The molecule has 2 atom stereocenters. The Morgan fingerprint density at radius 3 is 2.29 bits per heavy atom. The standard InChI is InChI=1S/C16H27NO4/c1-12(21-13-8-4-2-3-5-9-13)15(18)17-11-7-6-10-14(17)16(19)20/h12-14H,2-11H2,1H3,(H,19,20)/t12-,14-/m0/s1. The van der Waals surface area contributed by atoms with Crippen LogP contribution in [0.5, 0.6) is 0 Å². The number of nitrogens with zero attached hydrogens (tertiary/aromatic N) is 1. The number of carbonyl (C=O) groups excluding carboxylic acids is 1. The first-order valence-electron chi connectivity index (χ1n) is 8.28. The summed E-state index contributed by atoms with van der Waals surface area (Å²) < 4.78 is 5.93. The van der Waals surface area contributed by atoms with Crippen LogP contribution in [0.25, 0.3) is 0 Å². The SMILES string of the molecule is C[C@H](OC1CCCCCC1)C(=O)N1CCCC[C@H]1C(=O)O. The maximum absolute atomic E-state index is 12.5. The van der Waals surface area contributed by atoms with E-state index in [0.29, 0.717) is 13.0 Å². The lowest BCUT2D eigenvalue weighted by atomic mass is 10.0. The molecule has 2 rings (SSSR count). The number of piperidine rings is 1. The van der Waals surface area contributed by atoms with Crippen molar-refractivity contribution >= 4 is 11.9 Å². The zero-order valence-corrected chi connectivity index (χ0v) is 12.9. The fourth-order valence-electron chi connectivity index (χ4n) is 3.41. The third kappa shape index (κ3) is 4.43. The summed E-state index contributed by atoms with van der Waals surface area (Å²) in [6, 6.07) is -0.675. The lowest BCUT2D eigenvalue weighted by Gasteiger charge is -2.35. The molecule has 0 aromatic heterocycles. The van der Waals surface area contributed by atoms with Crippen LogP contribution >= 0.6 is 0 Å². The number of aliphatic carboxylic acids is 1. The lowest BCUT2D eigenvalue weighted by molar-refractivity contribution is -0.159. The quantitative estimate of drug-likeness (QED) is 0.810. The highest BCUT2D eigenvalue weighted by atomic mass is 16.5. The minimum atomic E-state index is -0.898. The molecule has 1 N–H and O–H groups in total. The third-order valence-electron chi connectivity index (χ3n) is 4.62. The Kier molecular flexibility index (Phi) is 6.03. The molecule has 2 aliphatic rings. The smallest absolute Gasteiger partial charge is 0.326 e. The van der Waals surface area contributed by atoms with E-state index >= 15 is 0 Å². The minimum Gasteiger partial charge on any atom is -0.480 e. The highest BCUT2D eigenvalue weighted by Gasteiger charge is 2.35. The van der Waals surface area contributed by atoms with Gasteiger partial charge in [-0.3, -0.25) is 4.79 Å². The molecule has 1 heterocycles. The van der Waals surface area contributed by atoms with Crippen molar-refractivity contribution in [3.63, 3.8) is 0 Å². The van der Waals surface area contributed by atoms with E-state index in [4.69, 9.17) is 4.74 Å². The molecule has 21 heavy (non-hydrogen) atoms. The highest BCUT2D eigenvalue weighted by molar-refractivity contribution is 5.86. The molecule has 120 valence electrons. The van der Waals surface area contributed by atoms with Gasteiger partial charge < -0.3 is 14.7 Å². The fraction of sp³-hybridized carbons (Fsp3) is 0.875. The number of likely N-dealkylation sites (tertiary alicyclic amines) is 1. The van der Waals surface area contributed by atoms with Crippen LogP contribution in [-0.4, -0.2) is 46.7 Å². The Morgan fingerprint density at radius 1 is 1.05 bits per heavy atom. The van der Waals surface area contributed by atoms with Crippen LogP contribution in [-0.2, 0) is 14.3 Å². The van der Waals surface area contributed by atoms with Crippen molar-refractivity contribution in [2.75, 3.05) is 6.54 Å². The second-order valence-corrected chi connectivity index (χ2v) is 6.27. The number of rotatable bonds is 4. The van der Waals surface area contributed by atoms with Crippen molar-refractivity contribution < 1.29 is 19.4 Å². The van der Waals surface area contributed by atoms with Crippen molar-refractivity contribution in [1.29, 1.82) is 0 Å². The molecule has 0 aromatic rings. The van der Waals surface area contributed by atoms with E-state index in [9.17, 15) is 14.7 Å². The normalized spacial score (nSPS) is 26.1. The Hall–Kier alpha value is -1.10. The van der Waals surface area contributed by atoms with Crippen molar-refractivity contribution in [1.82, 2.24) is 4.90 Å². The van der Waals surface area contributed by atoms with E-state index in [-0.39, 0.29) is 12.0 Å². The number of carboxylic acid groups (broad SMARTS) is 1. The number of carbonyl (C=O) groups is 2. The maximum Gasteiger partial charge on any atom is 0.326 e. The summed E-state index contributed by atoms with van der Waals surface area (Å²) in [7, 11) is 0. The van der Waals surface area contributed by atoms with Crippen LogP contribution in [0, 0.1) is 0 Å². The lowest BCUT2D eigenvalue weighted by Crippen LogP contribution is -2.51. The van der Waals surface area contributed by atoms with E-state index in [2.05, 4.69) is 0 Å². The van der Waals surface area contributed by atoms with Gasteiger partial charge in [-0.15, -0.1) is 0 Å². The Balaban J connectivity index is 1.92. The van der Waals surface area contributed by atoms with Crippen molar-refractivity contribution in [2.45, 2.75) is 83.0 Å². The summed E-state index contributed by atoms with van der Waals surface area (Å²) in [5, 5.41) is 9.26. The number of ether oxygens (including phenoxy) is 1. The molecule has 1 aliphatic carbocycles. The predicted octanol–water partition coefficient (Wildman–Crippen LogP) is 2.58. The van der Waals surface area contributed by atoms with Crippen molar-refractivity contribution in [3.8, 4) is 0 Å². The average molecular weight is 297 g/mol. The molecule has 0 radical (unpaired) electrons. The maximum atomic E-state index is 12.5. The van der Waals surface area contributed by atoms with Crippen LogP contribution in [0.2, 0.25) is 0 Å². The molecule has 2 fully saturated rings. The van der Waals surface area contributed by atoms with Crippen LogP contribution in [0.3, 0.4) is 0 Å². The number of amides is 1. The molecule has 1 saturated carbocycles. The summed E-state index contributed by atoms with van der Waals surface area (Å²) in [6.07, 6.45) is 8.76. The average Bonchev–Trinajstić information content (AvgIpc) is 2.75. The molecular weight excluding hydrogens is 270 g/mol. The predicted molar refractivity (Wildman–Crippen MR) is 79.0 cm³/mol. The van der Waals surface area contributed by atoms with Gasteiger partial charge in [0.1, 0.15) is 12.1 Å². The molecule has 1 aliphatic heterocycles. The molecular formula is C16H27NO4. The first-order valence-corrected chi connectivity index (χ1v) is 8.28. The molecule has 5 nitrogen and oxygen atoms in total. The van der Waals surface area contributed by atoms with E-state index < -0.39 is 18.1 Å². The summed E-state index contributed by atoms with van der Waals surface area (Å²) >= 11 is 0. The Labute approximate surface area is 126 Å². The van der Waals surface area contributed by atoms with Gasteiger partial charge in [-0.2, -0.15) is 0 Å². The van der Waals surface area contributed by atoms with Gasteiger partial charge in [-0.1, -0.05) is 25.7 Å².